The van der Waals surface area contributed by atoms with Crippen molar-refractivity contribution in [2.24, 2.45) is 0 Å². The van der Waals surface area contributed by atoms with E-state index in [1.807, 2.05) is 0 Å². The molecule has 4 heterocycles. The van der Waals surface area contributed by atoms with E-state index in [1.54, 1.807) is 0 Å². The van der Waals surface area contributed by atoms with Gasteiger partial charge in [-0.15, -0.1) is 0 Å². The summed E-state index contributed by atoms with van der Waals surface area (Å²) in [5.41, 5.74) is 3.42. The molecule has 7 atom stereocenters. The number of aromatic amines is 1. The first kappa shape index (κ1) is 25.4. The van der Waals surface area contributed by atoms with Gasteiger partial charge in [0.1, 0.15) is 36.6 Å². The Bertz CT molecular complexity index is 1280. The number of ether oxygens (including phenoxy) is 2. The molecule has 16 nitrogen and oxygen atoms in total. The SMILES string of the molecule is Nc1ccn([C@H]2C[C@H](OP(=O)(O)OC[C@H]3O[C@@H](n4ccc(=O)[nH]c4=O)C[C@@H]3O)[C@@H](CO)O2)c(=O)n1. The normalized spacial score (nSPS) is 30.4. The van der Waals surface area contributed by atoms with Gasteiger partial charge in [0.15, 0.2) is 0 Å². The van der Waals surface area contributed by atoms with Crippen molar-refractivity contribution >= 4 is 13.6 Å². The van der Waals surface area contributed by atoms with Gasteiger partial charge in [0.25, 0.3) is 5.56 Å². The Hall–Kier alpha value is -2.69. The van der Waals surface area contributed by atoms with Crippen LogP contribution in [0.4, 0.5) is 5.82 Å². The number of H-pyrrole nitrogens is 1. The van der Waals surface area contributed by atoms with E-state index >= 15 is 0 Å². The van der Waals surface area contributed by atoms with Gasteiger partial charge in [0.2, 0.25) is 0 Å². The third-order valence-corrected chi connectivity index (χ3v) is 6.57. The highest BCUT2D eigenvalue weighted by Crippen LogP contribution is 2.48. The van der Waals surface area contributed by atoms with Gasteiger partial charge in [-0.1, -0.05) is 0 Å². The largest absolute Gasteiger partial charge is 0.472 e. The van der Waals surface area contributed by atoms with Gasteiger partial charge in [-0.2, -0.15) is 4.98 Å². The van der Waals surface area contributed by atoms with Crippen molar-refractivity contribution in [2.45, 2.75) is 49.7 Å². The smallest absolute Gasteiger partial charge is 0.394 e. The van der Waals surface area contributed by atoms with Crippen molar-refractivity contribution in [2.75, 3.05) is 18.9 Å². The van der Waals surface area contributed by atoms with E-state index in [4.69, 9.17) is 24.3 Å². The maximum atomic E-state index is 12.5. The number of nitrogens with two attached hydrogens (primary N) is 1. The van der Waals surface area contributed by atoms with Gasteiger partial charge in [-0.25, -0.2) is 14.2 Å². The molecule has 35 heavy (non-hydrogen) atoms. The van der Waals surface area contributed by atoms with Crippen LogP contribution in [0.2, 0.25) is 0 Å². The standard InChI is InChI=1S/C18H24N5O11P/c19-13-1-3-22(17(27)20-13)16-6-10(11(7-24)32-16)34-35(29,30)31-8-12-9(25)5-15(33-12)23-4-2-14(26)21-18(23)28/h1-4,9-12,15-16,24-25H,5-8H2,(H,29,30)(H2,19,20,27)(H,21,26,28)/t9-,10-,11+,12+,15+,16+/m0/s1. The number of aliphatic hydroxyl groups excluding tert-OH is 2. The maximum Gasteiger partial charge on any atom is 0.472 e. The summed E-state index contributed by atoms with van der Waals surface area (Å²) < 4.78 is 35.9. The van der Waals surface area contributed by atoms with Crippen LogP contribution in [0.15, 0.2) is 38.9 Å². The van der Waals surface area contributed by atoms with Gasteiger partial charge in [-0.05, 0) is 6.07 Å². The topological polar surface area (TPSA) is 230 Å². The number of nitrogens with zero attached hydrogens (tertiary/aromatic N) is 3. The molecule has 0 radical (unpaired) electrons. The lowest BCUT2D eigenvalue weighted by Crippen LogP contribution is -2.32. The Morgan fingerprint density at radius 3 is 2.51 bits per heavy atom. The maximum absolute atomic E-state index is 12.5. The number of rotatable bonds is 8. The molecule has 0 spiro atoms. The van der Waals surface area contributed by atoms with E-state index in [1.165, 1.54) is 18.5 Å². The van der Waals surface area contributed by atoms with E-state index < -0.39 is 74.8 Å². The summed E-state index contributed by atoms with van der Waals surface area (Å²) in [4.78, 5) is 51.0. The van der Waals surface area contributed by atoms with Crippen molar-refractivity contribution in [1.82, 2.24) is 19.1 Å². The molecule has 2 aromatic heterocycles. The molecule has 6 N–H and O–H groups in total. The van der Waals surface area contributed by atoms with Gasteiger partial charge in [0, 0.05) is 31.3 Å². The quantitative estimate of drug-likeness (QED) is 0.234. The molecule has 0 aromatic carbocycles. The summed E-state index contributed by atoms with van der Waals surface area (Å²) >= 11 is 0. The van der Waals surface area contributed by atoms with Crippen LogP contribution >= 0.6 is 7.82 Å². The summed E-state index contributed by atoms with van der Waals surface area (Å²) in [7, 11) is -4.74. The number of hydrogen-bond donors (Lipinski definition) is 5. The Morgan fingerprint density at radius 1 is 1.14 bits per heavy atom. The van der Waals surface area contributed by atoms with Gasteiger partial charge < -0.3 is 30.3 Å². The number of phosphoric acid groups is 1. The number of aromatic nitrogens is 4. The van der Waals surface area contributed by atoms with Crippen LogP contribution in [0, 0.1) is 0 Å². The fraction of sp³-hybridized carbons (Fsp3) is 0.556. The molecule has 17 heteroatoms. The minimum absolute atomic E-state index is 0.00741. The Kier molecular flexibility index (Phi) is 7.35. The zero-order chi connectivity index (χ0) is 25.3. The minimum Gasteiger partial charge on any atom is -0.394 e. The van der Waals surface area contributed by atoms with E-state index in [9.17, 15) is 34.1 Å². The van der Waals surface area contributed by atoms with Crippen LogP contribution in [-0.2, 0) is 23.1 Å². The van der Waals surface area contributed by atoms with Crippen LogP contribution < -0.4 is 22.7 Å². The van der Waals surface area contributed by atoms with E-state index in [2.05, 4.69) is 9.97 Å². The monoisotopic (exact) mass is 517 g/mol. The molecule has 0 aliphatic carbocycles. The summed E-state index contributed by atoms with van der Waals surface area (Å²) in [5.74, 6) is 0.00741. The van der Waals surface area contributed by atoms with Crippen LogP contribution in [0.5, 0.6) is 0 Å². The highest BCUT2D eigenvalue weighted by atomic mass is 31.2. The van der Waals surface area contributed by atoms with Crippen molar-refractivity contribution in [3.63, 3.8) is 0 Å². The minimum atomic E-state index is -4.74. The molecule has 0 amide bonds. The summed E-state index contributed by atoms with van der Waals surface area (Å²) in [6.07, 6.45) is -3.83. The molecular weight excluding hydrogens is 493 g/mol. The number of anilines is 1. The van der Waals surface area contributed by atoms with Crippen LogP contribution in [0.1, 0.15) is 25.3 Å². The predicted molar refractivity (Wildman–Crippen MR) is 115 cm³/mol. The molecular formula is C18H24N5O11P. The van der Waals surface area contributed by atoms with Gasteiger partial charge >= 0.3 is 19.2 Å². The number of nitrogen functional groups attached to an aromatic ring is 1. The molecule has 2 aliphatic rings. The van der Waals surface area contributed by atoms with Crippen molar-refractivity contribution in [3.8, 4) is 0 Å². The van der Waals surface area contributed by atoms with Gasteiger partial charge in [-0.3, -0.25) is 28.0 Å². The first-order valence-corrected chi connectivity index (χ1v) is 12.0. The molecule has 2 saturated heterocycles. The molecule has 2 aromatic rings. The fourth-order valence-corrected chi connectivity index (χ4v) is 4.81. The lowest BCUT2D eigenvalue weighted by atomic mass is 10.2. The number of nitrogens with one attached hydrogen (secondary N) is 1. The van der Waals surface area contributed by atoms with E-state index in [-0.39, 0.29) is 18.7 Å². The highest BCUT2D eigenvalue weighted by molar-refractivity contribution is 7.47. The van der Waals surface area contributed by atoms with Crippen LogP contribution in [0.25, 0.3) is 0 Å². The highest BCUT2D eigenvalue weighted by Gasteiger charge is 2.43. The molecule has 0 saturated carbocycles. The second-order valence-corrected chi connectivity index (χ2v) is 9.35. The number of hydrogen-bond acceptors (Lipinski definition) is 12. The lowest BCUT2D eigenvalue weighted by molar-refractivity contribution is -0.0575. The summed E-state index contributed by atoms with van der Waals surface area (Å²) in [6, 6.07) is 2.48. The molecule has 2 fully saturated rings. The Labute approximate surface area is 196 Å². The predicted octanol–water partition coefficient (Wildman–Crippen LogP) is -2.19. The Morgan fingerprint density at radius 2 is 1.83 bits per heavy atom. The van der Waals surface area contributed by atoms with Crippen molar-refractivity contribution in [3.05, 3.63) is 55.8 Å². The molecule has 4 rings (SSSR count). The second-order valence-electron chi connectivity index (χ2n) is 7.95. The molecule has 192 valence electrons. The van der Waals surface area contributed by atoms with Crippen molar-refractivity contribution in [1.29, 1.82) is 0 Å². The lowest BCUT2D eigenvalue weighted by Gasteiger charge is -2.21. The molecule has 2 aliphatic heterocycles. The zero-order valence-electron chi connectivity index (χ0n) is 18.1. The molecule has 1 unspecified atom stereocenters. The van der Waals surface area contributed by atoms with Crippen molar-refractivity contribution < 1.29 is 38.2 Å². The summed E-state index contributed by atoms with van der Waals surface area (Å²) in [5, 5.41) is 19.8. The van der Waals surface area contributed by atoms with Gasteiger partial charge in [0.05, 0.1) is 19.3 Å². The van der Waals surface area contributed by atoms with E-state index in [0.29, 0.717) is 0 Å². The van der Waals surface area contributed by atoms with Crippen LogP contribution in [-0.4, -0.2) is 71.8 Å². The first-order chi connectivity index (χ1) is 16.6. The average Bonchev–Trinajstić information content (AvgIpc) is 3.34. The first-order valence-electron chi connectivity index (χ1n) is 10.5. The third-order valence-electron chi connectivity index (χ3n) is 5.56. The second kappa shape index (κ2) is 10.1. The average molecular weight is 517 g/mol. The number of aliphatic hydroxyl groups is 2. The Balaban J connectivity index is 1.36. The summed E-state index contributed by atoms with van der Waals surface area (Å²) in [6.45, 7) is -1.13. The fourth-order valence-electron chi connectivity index (χ4n) is 3.85. The number of phosphoric ester groups is 1. The molecule has 0 bridgehead atoms. The van der Waals surface area contributed by atoms with Crippen LogP contribution in [0.3, 0.4) is 0 Å². The zero-order valence-corrected chi connectivity index (χ0v) is 19.0. The van der Waals surface area contributed by atoms with E-state index in [0.717, 1.165) is 15.2 Å². The third kappa shape index (κ3) is 5.76.